The average molecular weight is 254 g/mol. The molecule has 106 valence electrons. The van der Waals surface area contributed by atoms with Gasteiger partial charge >= 0.3 is 0 Å². The first-order chi connectivity index (χ1) is 8.83. The second-order valence-electron chi connectivity index (χ2n) is 6.14. The highest BCUT2D eigenvalue weighted by molar-refractivity contribution is 4.84. The molecule has 1 heterocycles. The van der Waals surface area contributed by atoms with Crippen molar-refractivity contribution in [2.24, 2.45) is 11.8 Å². The van der Waals surface area contributed by atoms with Crippen LogP contribution in [0.1, 0.15) is 38.5 Å². The fourth-order valence-electron chi connectivity index (χ4n) is 3.69. The average Bonchev–Trinajstić information content (AvgIpc) is 2.92. The van der Waals surface area contributed by atoms with Gasteiger partial charge in [-0.1, -0.05) is 12.8 Å². The monoisotopic (exact) mass is 254 g/mol. The molecule has 2 aliphatic rings. The van der Waals surface area contributed by atoms with Crippen LogP contribution in [-0.4, -0.2) is 51.3 Å². The number of nitrogens with zero attached hydrogens (tertiary/aromatic N) is 1. The van der Waals surface area contributed by atoms with Crippen molar-refractivity contribution in [1.29, 1.82) is 0 Å². The third-order valence-corrected chi connectivity index (χ3v) is 4.90. The summed E-state index contributed by atoms with van der Waals surface area (Å²) in [5, 5.41) is 3.56. The van der Waals surface area contributed by atoms with Gasteiger partial charge in [-0.25, -0.2) is 0 Å². The highest BCUT2D eigenvalue weighted by Crippen LogP contribution is 2.28. The van der Waals surface area contributed by atoms with Crippen LogP contribution in [0.15, 0.2) is 0 Å². The number of hydrogen-bond donors (Lipinski definition) is 1. The molecule has 1 aliphatic heterocycles. The van der Waals surface area contributed by atoms with Gasteiger partial charge < -0.3 is 15.0 Å². The first-order valence-electron chi connectivity index (χ1n) is 7.72. The van der Waals surface area contributed by atoms with Gasteiger partial charge in [-0.05, 0) is 57.7 Å². The van der Waals surface area contributed by atoms with Crippen LogP contribution in [-0.2, 0) is 4.74 Å². The van der Waals surface area contributed by atoms with E-state index in [1.165, 1.54) is 58.2 Å². The molecule has 2 rings (SSSR count). The number of piperidine rings is 1. The second kappa shape index (κ2) is 7.46. The van der Waals surface area contributed by atoms with Crippen LogP contribution in [0.2, 0.25) is 0 Å². The predicted octanol–water partition coefficient (Wildman–Crippen LogP) is 2.12. The van der Waals surface area contributed by atoms with Crippen molar-refractivity contribution in [2.45, 2.75) is 44.6 Å². The van der Waals surface area contributed by atoms with Gasteiger partial charge in [-0.15, -0.1) is 0 Å². The maximum Gasteiger partial charge on any atom is 0.0491 e. The summed E-state index contributed by atoms with van der Waals surface area (Å²) in [6, 6.07) is 0.714. The second-order valence-corrected chi connectivity index (χ2v) is 6.14. The van der Waals surface area contributed by atoms with E-state index in [0.717, 1.165) is 18.4 Å². The summed E-state index contributed by atoms with van der Waals surface area (Å²) < 4.78 is 5.27. The van der Waals surface area contributed by atoms with Gasteiger partial charge in [-0.3, -0.25) is 0 Å². The Morgan fingerprint density at radius 2 is 1.83 bits per heavy atom. The van der Waals surface area contributed by atoms with Gasteiger partial charge in [0.15, 0.2) is 0 Å². The van der Waals surface area contributed by atoms with Crippen molar-refractivity contribution < 1.29 is 4.74 Å². The third-order valence-electron chi connectivity index (χ3n) is 4.90. The van der Waals surface area contributed by atoms with Crippen LogP contribution in [0.3, 0.4) is 0 Å². The van der Waals surface area contributed by atoms with Crippen molar-refractivity contribution in [3.8, 4) is 0 Å². The molecule has 1 unspecified atom stereocenters. The first-order valence-corrected chi connectivity index (χ1v) is 7.72. The number of likely N-dealkylation sites (tertiary alicyclic amines) is 1. The van der Waals surface area contributed by atoms with Crippen molar-refractivity contribution >= 4 is 0 Å². The van der Waals surface area contributed by atoms with Crippen LogP contribution in [0.5, 0.6) is 0 Å². The topological polar surface area (TPSA) is 24.5 Å². The maximum atomic E-state index is 5.27. The largest absolute Gasteiger partial charge is 0.384 e. The molecule has 0 bridgehead atoms. The van der Waals surface area contributed by atoms with E-state index in [1.807, 2.05) is 7.11 Å². The third kappa shape index (κ3) is 3.94. The number of nitrogens with one attached hydrogen (secondary N) is 1. The van der Waals surface area contributed by atoms with E-state index < -0.39 is 0 Å². The Kier molecular flexibility index (Phi) is 5.93. The van der Waals surface area contributed by atoms with Gasteiger partial charge in [0, 0.05) is 26.3 Å². The lowest BCUT2D eigenvalue weighted by Crippen LogP contribution is -2.46. The molecule has 1 atom stereocenters. The van der Waals surface area contributed by atoms with Crippen LogP contribution in [0, 0.1) is 11.8 Å². The minimum atomic E-state index is 0.714. The molecule has 0 spiro atoms. The molecule has 0 aromatic heterocycles. The van der Waals surface area contributed by atoms with Gasteiger partial charge in [0.1, 0.15) is 0 Å². The highest BCUT2D eigenvalue weighted by Gasteiger charge is 2.27. The molecule has 1 saturated heterocycles. The summed E-state index contributed by atoms with van der Waals surface area (Å²) in [4.78, 5) is 2.66. The highest BCUT2D eigenvalue weighted by atomic mass is 16.5. The molecule has 1 aliphatic carbocycles. The van der Waals surface area contributed by atoms with Gasteiger partial charge in [0.05, 0.1) is 0 Å². The normalized spacial score (nSPS) is 25.7. The number of hydrogen-bond acceptors (Lipinski definition) is 3. The fourth-order valence-corrected chi connectivity index (χ4v) is 3.69. The Bertz CT molecular complexity index is 221. The van der Waals surface area contributed by atoms with Crippen molar-refractivity contribution in [3.05, 3.63) is 0 Å². The zero-order chi connectivity index (χ0) is 12.8. The SMILES string of the molecule is CNC(CN1CCC(COC)CC1)C1CCCC1. The fraction of sp³-hybridized carbons (Fsp3) is 1.00. The molecule has 3 heteroatoms. The summed E-state index contributed by atoms with van der Waals surface area (Å²) in [5.74, 6) is 1.72. The minimum absolute atomic E-state index is 0.714. The Hall–Kier alpha value is -0.120. The minimum Gasteiger partial charge on any atom is -0.384 e. The maximum absolute atomic E-state index is 5.27. The molecule has 1 N–H and O–H groups in total. The van der Waals surface area contributed by atoms with E-state index in [9.17, 15) is 0 Å². The summed E-state index contributed by atoms with van der Waals surface area (Å²) in [6.07, 6.45) is 8.39. The summed E-state index contributed by atoms with van der Waals surface area (Å²) in [5.41, 5.74) is 0. The molecular formula is C15H30N2O. The Labute approximate surface area is 112 Å². The lowest BCUT2D eigenvalue weighted by Gasteiger charge is -2.35. The van der Waals surface area contributed by atoms with E-state index in [2.05, 4.69) is 17.3 Å². The zero-order valence-corrected chi connectivity index (χ0v) is 12.2. The van der Waals surface area contributed by atoms with Crippen LogP contribution in [0.25, 0.3) is 0 Å². The molecule has 0 amide bonds. The van der Waals surface area contributed by atoms with E-state index in [-0.39, 0.29) is 0 Å². The Morgan fingerprint density at radius 3 is 2.39 bits per heavy atom. The summed E-state index contributed by atoms with van der Waals surface area (Å²) in [6.45, 7) is 4.73. The zero-order valence-electron chi connectivity index (χ0n) is 12.2. The quantitative estimate of drug-likeness (QED) is 0.786. The Morgan fingerprint density at radius 1 is 1.17 bits per heavy atom. The van der Waals surface area contributed by atoms with Crippen LogP contribution >= 0.6 is 0 Å². The molecular weight excluding hydrogens is 224 g/mol. The lowest BCUT2D eigenvalue weighted by atomic mass is 9.94. The number of methoxy groups -OCH3 is 1. The molecule has 2 fully saturated rings. The van der Waals surface area contributed by atoms with Crippen LogP contribution in [0.4, 0.5) is 0 Å². The number of ether oxygens (including phenoxy) is 1. The molecule has 0 aromatic carbocycles. The first kappa shape index (κ1) is 14.3. The van der Waals surface area contributed by atoms with E-state index in [0.29, 0.717) is 6.04 Å². The molecule has 0 radical (unpaired) electrons. The van der Waals surface area contributed by atoms with E-state index >= 15 is 0 Å². The standard InChI is InChI=1S/C15H30N2O/c1-16-15(14-5-3-4-6-14)11-17-9-7-13(8-10-17)12-18-2/h13-16H,3-12H2,1-2H3. The van der Waals surface area contributed by atoms with E-state index in [4.69, 9.17) is 4.74 Å². The lowest BCUT2D eigenvalue weighted by molar-refractivity contribution is 0.0917. The van der Waals surface area contributed by atoms with Gasteiger partial charge in [0.2, 0.25) is 0 Å². The molecule has 18 heavy (non-hydrogen) atoms. The molecule has 0 aromatic rings. The van der Waals surface area contributed by atoms with Crippen molar-refractivity contribution in [3.63, 3.8) is 0 Å². The molecule has 1 saturated carbocycles. The number of rotatable bonds is 6. The smallest absolute Gasteiger partial charge is 0.0491 e. The van der Waals surface area contributed by atoms with Gasteiger partial charge in [0.25, 0.3) is 0 Å². The summed E-state index contributed by atoms with van der Waals surface area (Å²) in [7, 11) is 3.96. The van der Waals surface area contributed by atoms with E-state index in [1.54, 1.807) is 0 Å². The molecule has 3 nitrogen and oxygen atoms in total. The Balaban J connectivity index is 1.72. The summed E-state index contributed by atoms with van der Waals surface area (Å²) >= 11 is 0. The predicted molar refractivity (Wildman–Crippen MR) is 75.8 cm³/mol. The van der Waals surface area contributed by atoms with Crippen LogP contribution < -0.4 is 5.32 Å². The van der Waals surface area contributed by atoms with Crippen molar-refractivity contribution in [2.75, 3.05) is 40.4 Å². The van der Waals surface area contributed by atoms with Gasteiger partial charge in [-0.2, -0.15) is 0 Å². The van der Waals surface area contributed by atoms with Crippen molar-refractivity contribution in [1.82, 2.24) is 10.2 Å². The number of likely N-dealkylation sites (N-methyl/N-ethyl adjacent to an activating group) is 1.